The van der Waals surface area contributed by atoms with E-state index >= 15 is 0 Å². The molecule has 0 rings (SSSR count). The topological polar surface area (TPSA) is 59.0 Å². The number of hydrogen-bond acceptors (Lipinski definition) is 4. The Morgan fingerprint density at radius 3 is 2.36 bits per heavy atom. The fourth-order valence-electron chi connectivity index (χ4n) is 0.805. The number of hydrogen-bond donors (Lipinski definition) is 0. The van der Waals surface area contributed by atoms with E-state index in [1.165, 1.54) is 0 Å². The molecule has 14 heavy (non-hydrogen) atoms. The lowest BCUT2D eigenvalue weighted by molar-refractivity contribution is 0.110. The second-order valence-electron chi connectivity index (χ2n) is 4.21. The van der Waals surface area contributed by atoms with Gasteiger partial charge in [0.25, 0.3) is 0 Å². The van der Waals surface area contributed by atoms with Crippen molar-refractivity contribution in [3.05, 3.63) is 4.91 Å². The summed E-state index contributed by atoms with van der Waals surface area (Å²) in [6.07, 6.45) is -0.652. The van der Waals surface area contributed by atoms with Crippen molar-refractivity contribution in [1.29, 1.82) is 0 Å². The quantitative estimate of drug-likeness (QED) is 0.404. The second kappa shape index (κ2) is 5.74. The van der Waals surface area contributed by atoms with Crippen LogP contribution in [0.25, 0.3) is 0 Å². The molecule has 5 nitrogen and oxygen atoms in total. The molecule has 0 unspecified atom stereocenters. The van der Waals surface area contributed by atoms with Crippen molar-refractivity contribution < 1.29 is 9.53 Å². The average Bonchev–Trinajstić information content (AvgIpc) is 2.03. The van der Waals surface area contributed by atoms with Gasteiger partial charge in [-0.05, 0) is 13.0 Å². The molecule has 0 saturated heterocycles. The Balaban J connectivity index is 4.03. The number of rotatable bonds is 5. The summed E-state index contributed by atoms with van der Waals surface area (Å²) in [5.74, 6) is 0. The maximum atomic E-state index is 11.1. The van der Waals surface area contributed by atoms with Gasteiger partial charge in [-0.25, -0.2) is 4.79 Å². The van der Waals surface area contributed by atoms with Crippen LogP contribution in [0.3, 0.4) is 0 Å². The predicted molar refractivity (Wildman–Crippen MR) is 57.7 cm³/mol. The molecule has 0 saturated carbocycles. The largest absolute Gasteiger partial charge is 0.448 e. The lowest BCUT2D eigenvalue weighted by Gasteiger charge is -2.18. The van der Waals surface area contributed by atoms with Crippen LogP contribution in [-0.2, 0) is 4.74 Å². The Morgan fingerprint density at radius 2 is 2.00 bits per heavy atom. The number of ether oxygens (including phenoxy) is 1. The molecule has 0 spiro atoms. The summed E-state index contributed by atoms with van der Waals surface area (Å²) in [5.41, 5.74) is 0. The second-order valence-corrected chi connectivity index (χ2v) is 9.84. The van der Waals surface area contributed by atoms with E-state index in [-0.39, 0.29) is 6.61 Å². The summed E-state index contributed by atoms with van der Waals surface area (Å²) in [6, 6.07) is 0.845. The zero-order valence-electron chi connectivity index (χ0n) is 9.24. The number of nitroso groups, excluding NO2 is 1. The Hall–Kier alpha value is -0.913. The standard InChI is InChI=1S/C8H18N2O3Si/c1-5-13-8(11)10(9-12)6-7-14(2,3)4/h5-7H2,1-4H3. The first-order chi connectivity index (χ1) is 6.40. The summed E-state index contributed by atoms with van der Waals surface area (Å²) < 4.78 is 4.67. The van der Waals surface area contributed by atoms with Gasteiger partial charge >= 0.3 is 6.09 Å². The van der Waals surface area contributed by atoms with Crippen LogP contribution in [0.2, 0.25) is 25.7 Å². The van der Waals surface area contributed by atoms with Crippen LogP contribution >= 0.6 is 0 Å². The van der Waals surface area contributed by atoms with Gasteiger partial charge in [-0.2, -0.15) is 5.01 Å². The van der Waals surface area contributed by atoms with Crippen LogP contribution in [0.1, 0.15) is 6.92 Å². The van der Waals surface area contributed by atoms with Gasteiger partial charge in [0.15, 0.2) is 0 Å². The van der Waals surface area contributed by atoms with Crippen molar-refractivity contribution in [3.63, 3.8) is 0 Å². The fraction of sp³-hybridized carbons (Fsp3) is 0.875. The highest BCUT2D eigenvalue weighted by atomic mass is 28.3. The third-order valence-electron chi connectivity index (χ3n) is 1.65. The molecule has 0 bridgehead atoms. The molecule has 6 heteroatoms. The number of carbonyl (C=O) groups excluding carboxylic acids is 1. The fourth-order valence-corrected chi connectivity index (χ4v) is 1.69. The minimum atomic E-state index is -1.25. The molecule has 0 radical (unpaired) electrons. The van der Waals surface area contributed by atoms with Crippen LogP contribution in [0.5, 0.6) is 0 Å². The number of carbonyl (C=O) groups is 1. The van der Waals surface area contributed by atoms with Crippen LogP contribution < -0.4 is 0 Å². The van der Waals surface area contributed by atoms with Gasteiger partial charge < -0.3 is 4.74 Å². The lowest BCUT2D eigenvalue weighted by atomic mass is 10.7. The normalized spacial score (nSPS) is 10.9. The highest BCUT2D eigenvalue weighted by Gasteiger charge is 2.20. The first kappa shape index (κ1) is 13.1. The Labute approximate surface area is 85.4 Å². The molecule has 0 aromatic heterocycles. The molecule has 0 fully saturated rings. The van der Waals surface area contributed by atoms with Gasteiger partial charge in [-0.3, -0.25) is 0 Å². The van der Waals surface area contributed by atoms with Crippen LogP contribution in [0.4, 0.5) is 4.79 Å². The molecule has 82 valence electrons. The Bertz CT molecular complexity index is 203. The molecule has 0 aliphatic heterocycles. The molecular weight excluding hydrogens is 200 g/mol. The van der Waals surface area contributed by atoms with Crippen LogP contribution in [0, 0.1) is 4.91 Å². The van der Waals surface area contributed by atoms with Gasteiger partial charge in [0.05, 0.1) is 11.9 Å². The summed E-state index contributed by atoms with van der Waals surface area (Å²) in [5, 5.41) is 3.49. The molecular formula is C8H18N2O3Si. The molecule has 0 aliphatic rings. The first-order valence-corrected chi connectivity index (χ1v) is 8.39. The van der Waals surface area contributed by atoms with Crippen LogP contribution in [0.15, 0.2) is 5.29 Å². The summed E-state index contributed by atoms with van der Waals surface area (Å²) in [6.45, 7) is 8.82. The van der Waals surface area contributed by atoms with Gasteiger partial charge in [0.1, 0.15) is 0 Å². The van der Waals surface area contributed by atoms with E-state index in [1.54, 1.807) is 6.92 Å². The van der Waals surface area contributed by atoms with E-state index < -0.39 is 14.2 Å². The molecule has 0 aromatic carbocycles. The van der Waals surface area contributed by atoms with Crippen LogP contribution in [-0.4, -0.2) is 32.3 Å². The van der Waals surface area contributed by atoms with Gasteiger partial charge in [0, 0.05) is 14.6 Å². The highest BCUT2D eigenvalue weighted by molar-refractivity contribution is 6.76. The average molecular weight is 218 g/mol. The van der Waals surface area contributed by atoms with Crippen molar-refractivity contribution in [2.45, 2.75) is 32.6 Å². The zero-order valence-corrected chi connectivity index (χ0v) is 10.2. The highest BCUT2D eigenvalue weighted by Crippen LogP contribution is 2.10. The molecule has 0 atom stereocenters. The summed E-state index contributed by atoms with van der Waals surface area (Å²) in [4.78, 5) is 21.4. The Morgan fingerprint density at radius 1 is 1.43 bits per heavy atom. The predicted octanol–water partition coefficient (Wildman–Crippen LogP) is 2.46. The number of amides is 1. The Kier molecular flexibility index (Phi) is 5.37. The first-order valence-electron chi connectivity index (χ1n) is 4.68. The van der Waals surface area contributed by atoms with E-state index in [1.807, 2.05) is 0 Å². The van der Waals surface area contributed by atoms with E-state index in [0.717, 1.165) is 11.1 Å². The van der Waals surface area contributed by atoms with E-state index in [9.17, 15) is 9.70 Å². The molecule has 0 N–H and O–H groups in total. The third-order valence-corrected chi connectivity index (χ3v) is 3.37. The van der Waals surface area contributed by atoms with E-state index in [0.29, 0.717) is 6.54 Å². The molecule has 1 amide bonds. The van der Waals surface area contributed by atoms with Gasteiger partial charge in [0.2, 0.25) is 0 Å². The molecule has 0 heterocycles. The van der Waals surface area contributed by atoms with Crippen molar-refractivity contribution in [2.75, 3.05) is 13.2 Å². The summed E-state index contributed by atoms with van der Waals surface area (Å²) in [7, 11) is -1.25. The van der Waals surface area contributed by atoms with Gasteiger partial charge in [-0.1, -0.05) is 19.6 Å². The maximum Gasteiger partial charge on any atom is 0.432 e. The molecule has 0 aliphatic carbocycles. The minimum Gasteiger partial charge on any atom is -0.448 e. The maximum absolute atomic E-state index is 11.1. The van der Waals surface area contributed by atoms with Crippen molar-refractivity contribution in [2.24, 2.45) is 5.29 Å². The van der Waals surface area contributed by atoms with E-state index in [2.05, 4.69) is 29.7 Å². The van der Waals surface area contributed by atoms with Crippen molar-refractivity contribution in [1.82, 2.24) is 5.01 Å². The smallest absolute Gasteiger partial charge is 0.432 e. The summed E-state index contributed by atoms with van der Waals surface area (Å²) >= 11 is 0. The van der Waals surface area contributed by atoms with Crippen molar-refractivity contribution >= 4 is 14.2 Å². The zero-order chi connectivity index (χ0) is 11.2. The van der Waals surface area contributed by atoms with Crippen molar-refractivity contribution in [3.8, 4) is 0 Å². The minimum absolute atomic E-state index is 0.262. The third kappa shape index (κ3) is 5.68. The van der Waals surface area contributed by atoms with E-state index in [4.69, 9.17) is 0 Å². The SMILES string of the molecule is CCOC(=O)N(CC[Si](C)(C)C)N=O. The van der Waals surface area contributed by atoms with Gasteiger partial charge in [-0.15, -0.1) is 4.91 Å². The number of nitrogens with zero attached hydrogens (tertiary/aromatic N) is 2. The monoisotopic (exact) mass is 218 g/mol. The lowest BCUT2D eigenvalue weighted by Crippen LogP contribution is -2.32. The molecule has 0 aromatic rings.